The largest absolute Gasteiger partial charge is 0.376 e. The molecule has 7 heteroatoms. The highest BCUT2D eigenvalue weighted by molar-refractivity contribution is 7.91. The second kappa shape index (κ2) is 5.22. The summed E-state index contributed by atoms with van der Waals surface area (Å²) in [6.07, 6.45) is 2.62. The number of amides is 2. The molecule has 0 spiro atoms. The topological polar surface area (TPSA) is 84.5 Å². The van der Waals surface area contributed by atoms with E-state index in [0.717, 1.165) is 19.4 Å². The molecule has 2 aliphatic rings. The number of hydrogen-bond acceptors (Lipinski definition) is 4. The predicted octanol–water partition coefficient (Wildman–Crippen LogP) is -0.348. The summed E-state index contributed by atoms with van der Waals surface area (Å²) in [7, 11) is -2.94. The molecular formula is C10H18N2O4S. The van der Waals surface area contributed by atoms with Gasteiger partial charge in [-0.2, -0.15) is 0 Å². The van der Waals surface area contributed by atoms with Crippen molar-refractivity contribution in [1.29, 1.82) is 0 Å². The molecule has 0 aliphatic carbocycles. The number of nitrogens with one attached hydrogen (secondary N) is 2. The van der Waals surface area contributed by atoms with Crippen LogP contribution in [-0.2, 0) is 14.6 Å². The molecule has 0 radical (unpaired) electrons. The van der Waals surface area contributed by atoms with Gasteiger partial charge in [-0.05, 0) is 19.3 Å². The lowest BCUT2D eigenvalue weighted by Crippen LogP contribution is -2.44. The lowest BCUT2D eigenvalue weighted by molar-refractivity contribution is 0.111. The first-order chi connectivity index (χ1) is 8.05. The Balaban J connectivity index is 1.67. The van der Waals surface area contributed by atoms with E-state index in [1.54, 1.807) is 0 Å². The molecule has 2 amide bonds. The van der Waals surface area contributed by atoms with Crippen LogP contribution in [0.3, 0.4) is 0 Å². The van der Waals surface area contributed by atoms with Gasteiger partial charge in [0.1, 0.15) is 0 Å². The van der Waals surface area contributed by atoms with Crippen molar-refractivity contribution in [3.8, 4) is 0 Å². The third kappa shape index (κ3) is 3.85. The molecule has 0 aromatic heterocycles. The normalized spacial score (nSPS) is 31.3. The summed E-state index contributed by atoms with van der Waals surface area (Å²) in [5.74, 6) is 0.226. The van der Waals surface area contributed by atoms with Crippen LogP contribution in [0.5, 0.6) is 0 Å². The Bertz CT molecular complexity index is 376. The van der Waals surface area contributed by atoms with Gasteiger partial charge in [-0.1, -0.05) is 0 Å². The molecule has 2 saturated heterocycles. The molecule has 2 fully saturated rings. The van der Waals surface area contributed by atoms with E-state index in [2.05, 4.69) is 10.6 Å². The van der Waals surface area contributed by atoms with Crippen LogP contribution < -0.4 is 10.6 Å². The Hall–Kier alpha value is -0.820. The number of hydrogen-bond donors (Lipinski definition) is 2. The molecule has 98 valence electrons. The first-order valence-electron chi connectivity index (χ1n) is 5.91. The summed E-state index contributed by atoms with van der Waals surface area (Å²) >= 11 is 0. The SMILES string of the molecule is O=C(NC[C@@H]1CCCO1)N[C@@H]1CCS(=O)(=O)C1. The molecule has 2 aliphatic heterocycles. The number of carbonyl (C=O) groups is 1. The molecule has 2 atom stereocenters. The van der Waals surface area contributed by atoms with E-state index < -0.39 is 9.84 Å². The first-order valence-corrected chi connectivity index (χ1v) is 7.74. The van der Waals surface area contributed by atoms with Crippen LogP contribution in [-0.4, -0.2) is 51.3 Å². The standard InChI is InChI=1S/C10H18N2O4S/c13-10(11-6-9-2-1-4-16-9)12-8-3-5-17(14,15)7-8/h8-9H,1-7H2,(H2,11,12,13)/t8-,9+/m1/s1. The molecule has 2 heterocycles. The summed E-state index contributed by atoms with van der Waals surface area (Å²) in [6, 6.07) is -0.549. The highest BCUT2D eigenvalue weighted by Gasteiger charge is 2.29. The van der Waals surface area contributed by atoms with E-state index >= 15 is 0 Å². The van der Waals surface area contributed by atoms with Crippen molar-refractivity contribution < 1.29 is 17.9 Å². The van der Waals surface area contributed by atoms with Gasteiger partial charge in [-0.15, -0.1) is 0 Å². The average molecular weight is 262 g/mol. The fraction of sp³-hybridized carbons (Fsp3) is 0.900. The van der Waals surface area contributed by atoms with Crippen LogP contribution >= 0.6 is 0 Å². The predicted molar refractivity (Wildman–Crippen MR) is 62.6 cm³/mol. The second-order valence-electron chi connectivity index (χ2n) is 4.59. The van der Waals surface area contributed by atoms with Crippen LogP contribution in [0.25, 0.3) is 0 Å². The average Bonchev–Trinajstić information content (AvgIpc) is 2.85. The highest BCUT2D eigenvalue weighted by atomic mass is 32.2. The minimum absolute atomic E-state index is 0.0559. The Morgan fingerprint density at radius 1 is 1.35 bits per heavy atom. The Morgan fingerprint density at radius 2 is 2.18 bits per heavy atom. The van der Waals surface area contributed by atoms with Crippen LogP contribution in [0.2, 0.25) is 0 Å². The first kappa shape index (κ1) is 12.6. The Labute approximate surface area is 101 Å². The minimum Gasteiger partial charge on any atom is -0.376 e. The van der Waals surface area contributed by atoms with E-state index in [1.165, 1.54) is 0 Å². The third-order valence-corrected chi connectivity index (χ3v) is 4.85. The molecule has 2 rings (SSSR count). The molecule has 6 nitrogen and oxygen atoms in total. The maximum absolute atomic E-state index is 11.5. The minimum atomic E-state index is -2.94. The van der Waals surface area contributed by atoms with Gasteiger partial charge in [0.15, 0.2) is 9.84 Å². The van der Waals surface area contributed by atoms with Crippen molar-refractivity contribution in [3.63, 3.8) is 0 Å². The van der Waals surface area contributed by atoms with Gasteiger partial charge in [0, 0.05) is 19.2 Å². The number of urea groups is 1. The van der Waals surface area contributed by atoms with Gasteiger partial charge >= 0.3 is 6.03 Å². The zero-order valence-electron chi connectivity index (χ0n) is 9.65. The van der Waals surface area contributed by atoms with Crippen LogP contribution in [0.15, 0.2) is 0 Å². The van der Waals surface area contributed by atoms with E-state index in [1.807, 2.05) is 0 Å². The quantitative estimate of drug-likeness (QED) is 0.728. The number of rotatable bonds is 3. The fourth-order valence-corrected chi connectivity index (χ4v) is 3.83. The van der Waals surface area contributed by atoms with Crippen molar-refractivity contribution in [2.75, 3.05) is 24.7 Å². The highest BCUT2D eigenvalue weighted by Crippen LogP contribution is 2.12. The summed E-state index contributed by atoms with van der Waals surface area (Å²) in [5, 5.41) is 5.38. The lowest BCUT2D eigenvalue weighted by atomic mass is 10.2. The summed E-state index contributed by atoms with van der Waals surface area (Å²) in [5.41, 5.74) is 0. The summed E-state index contributed by atoms with van der Waals surface area (Å²) in [4.78, 5) is 11.5. The van der Waals surface area contributed by atoms with Gasteiger partial charge in [0.2, 0.25) is 0 Å². The molecular weight excluding hydrogens is 244 g/mol. The Kier molecular flexibility index (Phi) is 3.88. The van der Waals surface area contributed by atoms with Crippen LogP contribution in [0.4, 0.5) is 4.79 Å². The molecule has 0 unspecified atom stereocenters. The van der Waals surface area contributed by atoms with Gasteiger partial charge in [0.25, 0.3) is 0 Å². The lowest BCUT2D eigenvalue weighted by Gasteiger charge is -2.14. The van der Waals surface area contributed by atoms with Gasteiger partial charge in [-0.25, -0.2) is 13.2 Å². The molecule has 0 aromatic carbocycles. The van der Waals surface area contributed by atoms with E-state index in [0.29, 0.717) is 13.0 Å². The Morgan fingerprint density at radius 3 is 2.76 bits per heavy atom. The van der Waals surface area contributed by atoms with Gasteiger partial charge in [-0.3, -0.25) is 0 Å². The zero-order chi connectivity index (χ0) is 12.3. The molecule has 0 saturated carbocycles. The zero-order valence-corrected chi connectivity index (χ0v) is 10.5. The maximum atomic E-state index is 11.5. The van der Waals surface area contributed by atoms with Crippen molar-refractivity contribution in [2.45, 2.75) is 31.4 Å². The third-order valence-electron chi connectivity index (χ3n) is 3.08. The van der Waals surface area contributed by atoms with Crippen molar-refractivity contribution >= 4 is 15.9 Å². The summed E-state index contributed by atoms with van der Waals surface area (Å²) in [6.45, 7) is 1.25. The van der Waals surface area contributed by atoms with Crippen LogP contribution in [0, 0.1) is 0 Å². The maximum Gasteiger partial charge on any atom is 0.315 e. The number of ether oxygens (including phenoxy) is 1. The van der Waals surface area contributed by atoms with E-state index in [4.69, 9.17) is 4.74 Å². The molecule has 2 N–H and O–H groups in total. The molecule has 0 aromatic rings. The van der Waals surface area contributed by atoms with Gasteiger partial charge in [0.05, 0.1) is 17.6 Å². The summed E-state index contributed by atoms with van der Waals surface area (Å²) < 4.78 is 27.8. The fourth-order valence-electron chi connectivity index (χ4n) is 2.16. The monoisotopic (exact) mass is 262 g/mol. The number of sulfone groups is 1. The van der Waals surface area contributed by atoms with Crippen molar-refractivity contribution in [2.24, 2.45) is 0 Å². The van der Waals surface area contributed by atoms with E-state index in [-0.39, 0.29) is 29.7 Å². The number of carbonyl (C=O) groups excluding carboxylic acids is 1. The molecule has 0 bridgehead atoms. The van der Waals surface area contributed by atoms with Crippen LogP contribution in [0.1, 0.15) is 19.3 Å². The van der Waals surface area contributed by atoms with Crippen molar-refractivity contribution in [1.82, 2.24) is 10.6 Å². The smallest absolute Gasteiger partial charge is 0.315 e. The van der Waals surface area contributed by atoms with E-state index in [9.17, 15) is 13.2 Å². The second-order valence-corrected chi connectivity index (χ2v) is 6.82. The molecule has 17 heavy (non-hydrogen) atoms. The van der Waals surface area contributed by atoms with Gasteiger partial charge < -0.3 is 15.4 Å². The van der Waals surface area contributed by atoms with Crippen molar-refractivity contribution in [3.05, 3.63) is 0 Å².